The highest BCUT2D eigenvalue weighted by Gasteiger charge is 2.14. The topological polar surface area (TPSA) is 98.7 Å². The molecular formula is C14H20N2O4. The van der Waals surface area contributed by atoms with Crippen LogP contribution < -0.4 is 10.6 Å². The molecule has 2 atom stereocenters. The molecule has 0 heterocycles. The van der Waals surface area contributed by atoms with Gasteiger partial charge in [-0.25, -0.2) is 9.59 Å². The number of aliphatic carboxylic acids is 1. The van der Waals surface area contributed by atoms with E-state index in [9.17, 15) is 9.59 Å². The molecule has 20 heavy (non-hydrogen) atoms. The van der Waals surface area contributed by atoms with Crippen molar-refractivity contribution in [1.29, 1.82) is 0 Å². The van der Waals surface area contributed by atoms with Crippen molar-refractivity contribution < 1.29 is 19.8 Å². The first kappa shape index (κ1) is 16.0. The van der Waals surface area contributed by atoms with Crippen LogP contribution in [0.3, 0.4) is 0 Å². The largest absolute Gasteiger partial charge is 0.479 e. The molecule has 0 aliphatic rings. The van der Waals surface area contributed by atoms with Gasteiger partial charge < -0.3 is 20.8 Å². The highest BCUT2D eigenvalue weighted by Crippen LogP contribution is 2.16. The summed E-state index contributed by atoms with van der Waals surface area (Å²) in [5.74, 6) is -1.29. The molecule has 0 aromatic heterocycles. The first-order valence-electron chi connectivity index (χ1n) is 6.42. The number of hydrogen-bond acceptors (Lipinski definition) is 3. The number of aliphatic hydroxyl groups excluding tert-OH is 1. The first-order chi connectivity index (χ1) is 9.41. The predicted molar refractivity (Wildman–Crippen MR) is 74.4 cm³/mol. The van der Waals surface area contributed by atoms with Crippen LogP contribution in [-0.4, -0.2) is 34.9 Å². The number of nitrogens with one attached hydrogen (secondary N) is 2. The van der Waals surface area contributed by atoms with Crippen LogP contribution >= 0.6 is 0 Å². The Morgan fingerprint density at radius 1 is 1.30 bits per heavy atom. The molecule has 0 saturated carbocycles. The first-order valence-corrected chi connectivity index (χ1v) is 6.42. The molecule has 0 aliphatic heterocycles. The van der Waals surface area contributed by atoms with Crippen LogP contribution in [0.1, 0.15) is 30.5 Å². The smallest absolute Gasteiger partial charge is 0.332 e. The lowest BCUT2D eigenvalue weighted by Gasteiger charge is -2.17. The van der Waals surface area contributed by atoms with E-state index in [1.54, 1.807) is 0 Å². The van der Waals surface area contributed by atoms with Crippen molar-refractivity contribution in [3.8, 4) is 0 Å². The summed E-state index contributed by atoms with van der Waals surface area (Å²) in [5, 5.41) is 22.8. The quantitative estimate of drug-likeness (QED) is 0.629. The Morgan fingerprint density at radius 2 is 1.95 bits per heavy atom. The number of aryl methyl sites for hydroxylation is 1. The Hall–Kier alpha value is -2.08. The minimum Gasteiger partial charge on any atom is -0.479 e. The summed E-state index contributed by atoms with van der Waals surface area (Å²) in [4.78, 5) is 22.0. The van der Waals surface area contributed by atoms with Gasteiger partial charge in [0, 0.05) is 13.0 Å². The van der Waals surface area contributed by atoms with Crippen molar-refractivity contribution in [1.82, 2.24) is 10.6 Å². The van der Waals surface area contributed by atoms with Crippen molar-refractivity contribution in [2.45, 2.75) is 32.4 Å². The molecule has 0 radical (unpaired) electrons. The van der Waals surface area contributed by atoms with E-state index in [-0.39, 0.29) is 19.0 Å². The van der Waals surface area contributed by atoms with Crippen molar-refractivity contribution in [2.75, 3.05) is 6.54 Å². The molecule has 6 heteroatoms. The number of carbonyl (C=O) groups excluding carboxylic acids is 1. The number of carboxylic acid groups (broad SMARTS) is 1. The summed E-state index contributed by atoms with van der Waals surface area (Å²) in [6.45, 7) is 3.93. The summed E-state index contributed by atoms with van der Waals surface area (Å²) in [5.41, 5.74) is 2.11. The molecule has 6 nitrogen and oxygen atoms in total. The van der Waals surface area contributed by atoms with Gasteiger partial charge >= 0.3 is 12.0 Å². The minimum absolute atomic E-state index is 0.0263. The third-order valence-electron chi connectivity index (χ3n) is 2.99. The van der Waals surface area contributed by atoms with Gasteiger partial charge in [-0.05, 0) is 25.0 Å². The zero-order chi connectivity index (χ0) is 15.1. The Kier molecular flexibility index (Phi) is 5.99. The summed E-state index contributed by atoms with van der Waals surface area (Å²) >= 11 is 0. The fourth-order valence-electron chi connectivity index (χ4n) is 1.84. The number of rotatable bonds is 6. The van der Waals surface area contributed by atoms with Crippen LogP contribution in [0, 0.1) is 6.92 Å². The molecule has 1 aromatic carbocycles. The van der Waals surface area contributed by atoms with Crippen molar-refractivity contribution in [2.24, 2.45) is 0 Å². The Balaban J connectivity index is 2.39. The molecule has 1 aromatic rings. The number of aliphatic hydroxyl groups is 1. The SMILES string of the molecule is Cc1ccccc1C(C)NC(=O)NCCC(O)C(=O)O. The maximum absolute atomic E-state index is 11.6. The van der Waals surface area contributed by atoms with E-state index in [1.165, 1.54) is 0 Å². The molecule has 0 aliphatic carbocycles. The van der Waals surface area contributed by atoms with E-state index in [1.807, 2.05) is 38.1 Å². The minimum atomic E-state index is -1.45. The van der Waals surface area contributed by atoms with Crippen LogP contribution in [-0.2, 0) is 4.79 Å². The molecule has 1 rings (SSSR count). The summed E-state index contributed by atoms with van der Waals surface area (Å²) in [6, 6.07) is 7.20. The van der Waals surface area contributed by atoms with Crippen LogP contribution in [0.5, 0.6) is 0 Å². The maximum atomic E-state index is 11.6. The van der Waals surface area contributed by atoms with Crippen LogP contribution in [0.2, 0.25) is 0 Å². The number of hydrogen-bond donors (Lipinski definition) is 4. The van der Waals surface area contributed by atoms with Crippen molar-refractivity contribution in [3.05, 3.63) is 35.4 Å². The van der Waals surface area contributed by atoms with Gasteiger partial charge in [0.1, 0.15) is 0 Å². The molecule has 2 unspecified atom stereocenters. The number of benzene rings is 1. The lowest BCUT2D eigenvalue weighted by molar-refractivity contribution is -0.146. The van der Waals surface area contributed by atoms with Gasteiger partial charge in [-0.3, -0.25) is 0 Å². The second kappa shape index (κ2) is 7.49. The van der Waals surface area contributed by atoms with Gasteiger partial charge in [0.2, 0.25) is 0 Å². The molecule has 0 spiro atoms. The third-order valence-corrected chi connectivity index (χ3v) is 2.99. The average Bonchev–Trinajstić information content (AvgIpc) is 2.38. The number of urea groups is 1. The number of amides is 2. The van der Waals surface area contributed by atoms with E-state index in [4.69, 9.17) is 10.2 Å². The monoisotopic (exact) mass is 280 g/mol. The summed E-state index contributed by atoms with van der Waals surface area (Å²) < 4.78 is 0. The van der Waals surface area contributed by atoms with E-state index in [0.717, 1.165) is 11.1 Å². The second-order valence-electron chi connectivity index (χ2n) is 4.62. The Morgan fingerprint density at radius 3 is 2.55 bits per heavy atom. The highest BCUT2D eigenvalue weighted by atomic mass is 16.4. The van der Waals surface area contributed by atoms with Gasteiger partial charge in [-0.15, -0.1) is 0 Å². The van der Waals surface area contributed by atoms with Crippen LogP contribution in [0.25, 0.3) is 0 Å². The van der Waals surface area contributed by atoms with Gasteiger partial charge in [-0.1, -0.05) is 24.3 Å². The molecule has 0 bridgehead atoms. The zero-order valence-corrected chi connectivity index (χ0v) is 11.6. The molecule has 2 amide bonds. The van der Waals surface area contributed by atoms with Crippen LogP contribution in [0.15, 0.2) is 24.3 Å². The Bertz CT molecular complexity index is 476. The maximum Gasteiger partial charge on any atom is 0.332 e. The molecule has 0 fully saturated rings. The molecular weight excluding hydrogens is 260 g/mol. The van der Waals surface area contributed by atoms with E-state index < -0.39 is 18.1 Å². The summed E-state index contributed by atoms with van der Waals surface area (Å²) in [7, 11) is 0. The number of carbonyl (C=O) groups is 2. The fourth-order valence-corrected chi connectivity index (χ4v) is 1.84. The second-order valence-corrected chi connectivity index (χ2v) is 4.62. The van der Waals surface area contributed by atoms with E-state index in [2.05, 4.69) is 10.6 Å². The Labute approximate surface area is 117 Å². The third kappa shape index (κ3) is 4.89. The predicted octanol–water partition coefficient (Wildman–Crippen LogP) is 1.19. The standard InChI is InChI=1S/C14H20N2O4/c1-9-5-3-4-6-11(9)10(2)16-14(20)15-8-7-12(17)13(18)19/h3-6,10,12,17H,7-8H2,1-2H3,(H,18,19)(H2,15,16,20). The van der Waals surface area contributed by atoms with E-state index in [0.29, 0.717) is 0 Å². The van der Waals surface area contributed by atoms with Crippen LogP contribution in [0.4, 0.5) is 4.79 Å². The van der Waals surface area contributed by atoms with Crippen molar-refractivity contribution >= 4 is 12.0 Å². The highest BCUT2D eigenvalue weighted by molar-refractivity contribution is 5.75. The normalized spacial score (nSPS) is 13.3. The van der Waals surface area contributed by atoms with Gasteiger partial charge in [0.15, 0.2) is 6.10 Å². The van der Waals surface area contributed by atoms with Gasteiger partial charge in [0.25, 0.3) is 0 Å². The van der Waals surface area contributed by atoms with E-state index >= 15 is 0 Å². The fraction of sp³-hybridized carbons (Fsp3) is 0.429. The van der Waals surface area contributed by atoms with Crippen molar-refractivity contribution in [3.63, 3.8) is 0 Å². The average molecular weight is 280 g/mol. The molecule has 110 valence electrons. The van der Waals surface area contributed by atoms with Gasteiger partial charge in [0.05, 0.1) is 6.04 Å². The summed E-state index contributed by atoms with van der Waals surface area (Å²) in [6.07, 6.45) is -1.48. The lowest BCUT2D eigenvalue weighted by Crippen LogP contribution is -2.39. The zero-order valence-electron chi connectivity index (χ0n) is 11.6. The lowest BCUT2D eigenvalue weighted by atomic mass is 10.0. The van der Waals surface area contributed by atoms with Gasteiger partial charge in [-0.2, -0.15) is 0 Å². The molecule has 4 N–H and O–H groups in total. The molecule has 0 saturated heterocycles. The number of carboxylic acids is 1.